The summed E-state index contributed by atoms with van der Waals surface area (Å²) in [5.74, 6) is -0.460. The van der Waals surface area contributed by atoms with Crippen molar-refractivity contribution >= 4 is 5.78 Å². The van der Waals surface area contributed by atoms with Crippen LogP contribution in [-0.4, -0.2) is 22.6 Å². The smallest absolute Gasteiger partial charge is 0.164 e. The molecule has 3 nitrogen and oxygen atoms in total. The average molecular weight is 250 g/mol. The minimum atomic E-state index is -0.334. The minimum absolute atomic E-state index is 0.0590. The van der Waals surface area contributed by atoms with Crippen LogP contribution < -0.4 is 0 Å². The van der Waals surface area contributed by atoms with Gasteiger partial charge in [0.25, 0.3) is 0 Å². The third kappa shape index (κ3) is 3.33. The molecule has 0 aliphatic carbocycles. The molecule has 0 radical (unpaired) electrons. The normalized spacial score (nSPS) is 29.9. The number of carbonyl (C=O) groups is 1. The van der Waals surface area contributed by atoms with E-state index in [0.29, 0.717) is 5.57 Å². The van der Waals surface area contributed by atoms with E-state index in [-0.39, 0.29) is 29.2 Å². The van der Waals surface area contributed by atoms with Crippen molar-refractivity contribution in [1.29, 1.82) is 0 Å². The number of ether oxygens (including phenoxy) is 1. The van der Waals surface area contributed by atoms with Crippen LogP contribution in [0.25, 0.3) is 0 Å². The summed E-state index contributed by atoms with van der Waals surface area (Å²) in [6.07, 6.45) is 4.60. The molecular weight excluding hydrogens is 228 g/mol. The Kier molecular flexibility index (Phi) is 4.52. The number of ketones is 1. The van der Waals surface area contributed by atoms with E-state index in [0.717, 1.165) is 12.8 Å². The summed E-state index contributed by atoms with van der Waals surface area (Å²) in [4.78, 5) is 12.0. The van der Waals surface area contributed by atoms with Crippen molar-refractivity contribution in [2.75, 3.05) is 0 Å². The molecule has 100 valence electrons. The van der Waals surface area contributed by atoms with Crippen molar-refractivity contribution < 1.29 is 14.6 Å². The van der Waals surface area contributed by atoms with Gasteiger partial charge in [0.2, 0.25) is 0 Å². The van der Waals surface area contributed by atoms with Crippen LogP contribution in [-0.2, 0) is 9.53 Å². The van der Waals surface area contributed by atoms with E-state index < -0.39 is 0 Å². The molecular formula is C15H22O3. The molecule has 1 saturated heterocycles. The van der Waals surface area contributed by atoms with Gasteiger partial charge in [-0.3, -0.25) is 4.79 Å². The van der Waals surface area contributed by atoms with Crippen LogP contribution in [0.3, 0.4) is 0 Å². The topological polar surface area (TPSA) is 46.5 Å². The molecule has 1 N–H and O–H groups in total. The highest BCUT2D eigenvalue weighted by atomic mass is 16.5. The number of hydrogen-bond donors (Lipinski definition) is 1. The van der Waals surface area contributed by atoms with Crippen LogP contribution in [0.4, 0.5) is 0 Å². The first-order valence-electron chi connectivity index (χ1n) is 6.21. The van der Waals surface area contributed by atoms with Crippen LogP contribution in [0.5, 0.6) is 0 Å². The van der Waals surface area contributed by atoms with Gasteiger partial charge in [-0.15, -0.1) is 6.58 Å². The third-order valence-electron chi connectivity index (χ3n) is 3.50. The zero-order valence-corrected chi connectivity index (χ0v) is 11.4. The highest BCUT2D eigenvalue weighted by molar-refractivity contribution is 5.92. The quantitative estimate of drug-likeness (QED) is 0.352. The Labute approximate surface area is 109 Å². The monoisotopic (exact) mass is 250 g/mol. The Morgan fingerprint density at radius 1 is 1.61 bits per heavy atom. The van der Waals surface area contributed by atoms with E-state index in [4.69, 9.17) is 4.74 Å². The van der Waals surface area contributed by atoms with Gasteiger partial charge in [-0.1, -0.05) is 19.6 Å². The first-order valence-corrected chi connectivity index (χ1v) is 6.21. The lowest BCUT2D eigenvalue weighted by atomic mass is 9.95. The van der Waals surface area contributed by atoms with Gasteiger partial charge in [0.05, 0.1) is 11.7 Å². The molecule has 1 rings (SSSR count). The number of carbonyl (C=O) groups excluding carboxylic acids is 1. The van der Waals surface area contributed by atoms with E-state index in [1.54, 1.807) is 13.0 Å². The van der Waals surface area contributed by atoms with Crippen molar-refractivity contribution in [3.05, 3.63) is 36.6 Å². The molecule has 0 spiro atoms. The molecule has 1 heterocycles. The number of allylic oxidation sites excluding steroid dienone is 2. The second-order valence-electron chi connectivity index (χ2n) is 5.21. The maximum Gasteiger partial charge on any atom is 0.164 e. The molecule has 0 aromatic rings. The van der Waals surface area contributed by atoms with Crippen molar-refractivity contribution in [2.24, 2.45) is 5.92 Å². The van der Waals surface area contributed by atoms with Crippen molar-refractivity contribution in [2.45, 2.75) is 45.3 Å². The summed E-state index contributed by atoms with van der Waals surface area (Å²) < 4.78 is 5.85. The van der Waals surface area contributed by atoms with E-state index >= 15 is 0 Å². The van der Waals surface area contributed by atoms with E-state index in [2.05, 4.69) is 13.2 Å². The molecule has 1 aliphatic rings. The molecule has 1 fully saturated rings. The van der Waals surface area contributed by atoms with Gasteiger partial charge in [-0.05, 0) is 32.3 Å². The zero-order valence-electron chi connectivity index (χ0n) is 11.4. The molecule has 0 bridgehead atoms. The predicted octanol–water partition coefficient (Wildman–Crippen LogP) is 3.33. The SMILES string of the molecule is C=CC1(C)CCC(C(C)C(=O)C=C(O)C(=C)C)O1. The summed E-state index contributed by atoms with van der Waals surface area (Å²) in [5.41, 5.74) is 0.151. The van der Waals surface area contributed by atoms with E-state index in [1.165, 1.54) is 6.08 Å². The summed E-state index contributed by atoms with van der Waals surface area (Å²) in [6.45, 7) is 12.8. The van der Waals surface area contributed by atoms with Crippen LogP contribution in [0.15, 0.2) is 36.6 Å². The second-order valence-corrected chi connectivity index (χ2v) is 5.21. The van der Waals surface area contributed by atoms with Crippen molar-refractivity contribution in [3.8, 4) is 0 Å². The largest absolute Gasteiger partial charge is 0.508 e. The number of rotatable bonds is 5. The van der Waals surface area contributed by atoms with Gasteiger partial charge >= 0.3 is 0 Å². The molecule has 0 amide bonds. The standard InChI is InChI=1S/C15H22O3/c1-6-15(5)8-7-14(18-15)11(4)13(17)9-12(16)10(2)3/h6,9,11,14,16H,1-2,7-8H2,3-5H3. The van der Waals surface area contributed by atoms with Crippen LogP contribution in [0, 0.1) is 5.92 Å². The lowest BCUT2D eigenvalue weighted by Crippen LogP contribution is -2.28. The van der Waals surface area contributed by atoms with Gasteiger partial charge in [-0.2, -0.15) is 0 Å². The zero-order chi connectivity index (χ0) is 13.9. The maximum atomic E-state index is 12.0. The highest BCUT2D eigenvalue weighted by Gasteiger charge is 2.37. The van der Waals surface area contributed by atoms with Gasteiger partial charge in [0.1, 0.15) is 5.76 Å². The predicted molar refractivity (Wildman–Crippen MR) is 72.4 cm³/mol. The Balaban J connectivity index is 2.69. The number of hydrogen-bond acceptors (Lipinski definition) is 3. The van der Waals surface area contributed by atoms with Gasteiger partial charge in [-0.25, -0.2) is 0 Å². The molecule has 3 atom stereocenters. The van der Waals surface area contributed by atoms with E-state index in [9.17, 15) is 9.90 Å². The van der Waals surface area contributed by atoms with Crippen LogP contribution in [0.2, 0.25) is 0 Å². The Morgan fingerprint density at radius 2 is 2.22 bits per heavy atom. The Morgan fingerprint density at radius 3 is 2.67 bits per heavy atom. The molecule has 0 saturated carbocycles. The van der Waals surface area contributed by atoms with Crippen molar-refractivity contribution in [3.63, 3.8) is 0 Å². The Bertz CT molecular complexity index is 395. The molecule has 3 unspecified atom stereocenters. The first kappa shape index (κ1) is 14.7. The fourth-order valence-corrected chi connectivity index (χ4v) is 1.97. The average Bonchev–Trinajstić information content (AvgIpc) is 2.71. The molecule has 18 heavy (non-hydrogen) atoms. The first-order chi connectivity index (χ1) is 8.29. The molecule has 3 heteroatoms. The lowest BCUT2D eigenvalue weighted by Gasteiger charge is -2.23. The van der Waals surface area contributed by atoms with E-state index in [1.807, 2.05) is 13.8 Å². The summed E-state index contributed by atoms with van der Waals surface area (Å²) >= 11 is 0. The third-order valence-corrected chi connectivity index (χ3v) is 3.50. The van der Waals surface area contributed by atoms with Crippen molar-refractivity contribution in [1.82, 2.24) is 0 Å². The summed E-state index contributed by atoms with van der Waals surface area (Å²) in [6, 6.07) is 0. The van der Waals surface area contributed by atoms with Gasteiger partial charge < -0.3 is 9.84 Å². The maximum absolute atomic E-state index is 12.0. The fraction of sp³-hybridized carbons (Fsp3) is 0.533. The van der Waals surface area contributed by atoms with Crippen LogP contribution >= 0.6 is 0 Å². The Hall–Kier alpha value is -1.35. The number of aliphatic hydroxyl groups is 1. The summed E-state index contributed by atoms with van der Waals surface area (Å²) in [7, 11) is 0. The van der Waals surface area contributed by atoms with Crippen LogP contribution in [0.1, 0.15) is 33.6 Å². The molecule has 1 aliphatic heterocycles. The second kappa shape index (κ2) is 5.53. The lowest BCUT2D eigenvalue weighted by molar-refractivity contribution is -0.123. The highest BCUT2D eigenvalue weighted by Crippen LogP contribution is 2.34. The summed E-state index contributed by atoms with van der Waals surface area (Å²) in [5, 5.41) is 9.52. The molecule has 0 aromatic heterocycles. The number of aliphatic hydroxyl groups excluding tert-OH is 1. The minimum Gasteiger partial charge on any atom is -0.508 e. The van der Waals surface area contributed by atoms with Gasteiger partial charge in [0.15, 0.2) is 5.78 Å². The fourth-order valence-electron chi connectivity index (χ4n) is 1.97. The van der Waals surface area contributed by atoms with Gasteiger partial charge in [0, 0.05) is 12.0 Å². The molecule has 0 aromatic carbocycles.